The molecule has 0 bridgehead atoms. The van der Waals surface area contributed by atoms with Crippen LogP contribution in [0.4, 0.5) is 5.69 Å². The average molecular weight is 291 g/mol. The SMILES string of the molecule is CCOC1CC(CC(=O)Nc2ccccc2CC(=O)O)C1. The van der Waals surface area contributed by atoms with Crippen LogP contribution in [0.2, 0.25) is 0 Å². The molecule has 2 rings (SSSR count). The van der Waals surface area contributed by atoms with E-state index >= 15 is 0 Å². The number of carboxylic acids is 1. The third-order valence-electron chi connectivity index (χ3n) is 3.70. The van der Waals surface area contributed by atoms with Gasteiger partial charge in [-0.3, -0.25) is 9.59 Å². The highest BCUT2D eigenvalue weighted by Gasteiger charge is 2.31. The van der Waals surface area contributed by atoms with Crippen molar-refractivity contribution in [1.82, 2.24) is 0 Å². The first-order chi connectivity index (χ1) is 10.1. The summed E-state index contributed by atoms with van der Waals surface area (Å²) in [7, 11) is 0. The summed E-state index contributed by atoms with van der Waals surface area (Å²) in [6.07, 6.45) is 2.53. The molecule has 5 heteroatoms. The topological polar surface area (TPSA) is 75.6 Å². The van der Waals surface area contributed by atoms with Gasteiger partial charge < -0.3 is 15.2 Å². The maximum atomic E-state index is 12.0. The average Bonchev–Trinajstić information content (AvgIpc) is 2.38. The molecule has 0 spiro atoms. The highest BCUT2D eigenvalue weighted by Crippen LogP contribution is 2.33. The first-order valence-electron chi connectivity index (χ1n) is 7.29. The van der Waals surface area contributed by atoms with Gasteiger partial charge in [-0.1, -0.05) is 18.2 Å². The third kappa shape index (κ3) is 4.56. The van der Waals surface area contributed by atoms with E-state index in [1.54, 1.807) is 24.3 Å². The summed E-state index contributed by atoms with van der Waals surface area (Å²) < 4.78 is 5.47. The number of aliphatic carboxylic acids is 1. The first-order valence-corrected chi connectivity index (χ1v) is 7.29. The molecule has 0 saturated heterocycles. The Morgan fingerprint density at radius 3 is 2.71 bits per heavy atom. The van der Waals surface area contributed by atoms with Crippen LogP contribution in [-0.2, 0) is 20.7 Å². The van der Waals surface area contributed by atoms with Gasteiger partial charge in [-0.05, 0) is 37.3 Å². The number of nitrogens with one attached hydrogen (secondary N) is 1. The van der Waals surface area contributed by atoms with Crippen molar-refractivity contribution in [2.45, 2.75) is 38.7 Å². The number of ether oxygens (including phenoxy) is 1. The molecule has 1 amide bonds. The van der Waals surface area contributed by atoms with Gasteiger partial charge in [0.25, 0.3) is 0 Å². The summed E-state index contributed by atoms with van der Waals surface area (Å²) >= 11 is 0. The maximum Gasteiger partial charge on any atom is 0.307 e. The van der Waals surface area contributed by atoms with Crippen LogP contribution in [0.5, 0.6) is 0 Å². The smallest absolute Gasteiger partial charge is 0.307 e. The molecule has 1 aromatic rings. The maximum absolute atomic E-state index is 12.0. The van der Waals surface area contributed by atoms with Crippen molar-refractivity contribution < 1.29 is 19.4 Å². The lowest BCUT2D eigenvalue weighted by molar-refractivity contribution is -0.136. The predicted molar refractivity (Wildman–Crippen MR) is 79.2 cm³/mol. The second-order valence-corrected chi connectivity index (χ2v) is 5.39. The molecule has 5 nitrogen and oxygen atoms in total. The third-order valence-corrected chi connectivity index (χ3v) is 3.70. The lowest BCUT2D eigenvalue weighted by atomic mass is 9.80. The zero-order valence-electron chi connectivity index (χ0n) is 12.2. The van der Waals surface area contributed by atoms with E-state index in [-0.39, 0.29) is 12.3 Å². The summed E-state index contributed by atoms with van der Waals surface area (Å²) in [4.78, 5) is 22.8. The van der Waals surface area contributed by atoms with E-state index in [4.69, 9.17) is 9.84 Å². The molecule has 0 heterocycles. The number of carboxylic acid groups (broad SMARTS) is 1. The Balaban J connectivity index is 1.84. The first kappa shape index (κ1) is 15.5. The Morgan fingerprint density at radius 2 is 2.05 bits per heavy atom. The van der Waals surface area contributed by atoms with Crippen LogP contribution in [-0.4, -0.2) is 29.7 Å². The highest BCUT2D eigenvalue weighted by atomic mass is 16.5. The molecule has 1 fully saturated rings. The van der Waals surface area contributed by atoms with Crippen molar-refractivity contribution in [3.63, 3.8) is 0 Å². The van der Waals surface area contributed by atoms with Crippen molar-refractivity contribution >= 4 is 17.6 Å². The van der Waals surface area contributed by atoms with Gasteiger partial charge in [-0.15, -0.1) is 0 Å². The van der Waals surface area contributed by atoms with Gasteiger partial charge in [-0.25, -0.2) is 0 Å². The predicted octanol–water partition coefficient (Wildman–Crippen LogP) is 2.46. The van der Waals surface area contributed by atoms with Crippen LogP contribution < -0.4 is 5.32 Å². The van der Waals surface area contributed by atoms with E-state index in [1.807, 2.05) is 6.92 Å². The van der Waals surface area contributed by atoms with E-state index in [9.17, 15) is 9.59 Å². The van der Waals surface area contributed by atoms with Crippen molar-refractivity contribution in [3.05, 3.63) is 29.8 Å². The van der Waals surface area contributed by atoms with Crippen LogP contribution >= 0.6 is 0 Å². The molecule has 0 radical (unpaired) electrons. The van der Waals surface area contributed by atoms with E-state index < -0.39 is 5.97 Å². The van der Waals surface area contributed by atoms with Crippen LogP contribution in [0, 0.1) is 5.92 Å². The minimum Gasteiger partial charge on any atom is -0.481 e. The summed E-state index contributed by atoms with van der Waals surface area (Å²) in [5.74, 6) is -0.601. The van der Waals surface area contributed by atoms with Crippen LogP contribution in [0.25, 0.3) is 0 Å². The normalized spacial score (nSPS) is 20.6. The minimum absolute atomic E-state index is 0.0622. The molecule has 21 heavy (non-hydrogen) atoms. The second-order valence-electron chi connectivity index (χ2n) is 5.39. The van der Waals surface area contributed by atoms with Gasteiger partial charge in [0.2, 0.25) is 5.91 Å². The standard InChI is InChI=1S/C16H21NO4/c1-2-21-13-7-11(8-13)9-15(18)17-14-6-4-3-5-12(14)10-16(19)20/h3-6,11,13H,2,7-10H2,1H3,(H,17,18)(H,19,20). The van der Waals surface area contributed by atoms with Crippen LogP contribution in [0.3, 0.4) is 0 Å². The number of hydrogen-bond acceptors (Lipinski definition) is 3. The van der Waals surface area contributed by atoms with E-state index in [0.717, 1.165) is 12.8 Å². The number of hydrogen-bond donors (Lipinski definition) is 2. The molecule has 1 aliphatic rings. The summed E-state index contributed by atoms with van der Waals surface area (Å²) in [5.41, 5.74) is 1.21. The Kier molecular flexibility index (Phi) is 5.33. The number of carbonyl (C=O) groups is 2. The van der Waals surface area contributed by atoms with Gasteiger partial charge in [0.05, 0.1) is 12.5 Å². The molecular weight excluding hydrogens is 270 g/mol. The Bertz CT molecular complexity index is 509. The van der Waals surface area contributed by atoms with E-state index in [0.29, 0.717) is 36.3 Å². The largest absolute Gasteiger partial charge is 0.481 e. The van der Waals surface area contributed by atoms with E-state index in [1.165, 1.54) is 0 Å². The van der Waals surface area contributed by atoms with Crippen LogP contribution in [0.15, 0.2) is 24.3 Å². The number of amides is 1. The Hall–Kier alpha value is -1.88. The molecule has 2 N–H and O–H groups in total. The van der Waals surface area contributed by atoms with Crippen LogP contribution in [0.1, 0.15) is 31.7 Å². The van der Waals surface area contributed by atoms with Crippen molar-refractivity contribution in [2.75, 3.05) is 11.9 Å². The van der Waals surface area contributed by atoms with Gasteiger partial charge in [0, 0.05) is 18.7 Å². The zero-order chi connectivity index (χ0) is 15.2. The molecule has 1 aromatic carbocycles. The van der Waals surface area contributed by atoms with E-state index in [2.05, 4.69) is 5.32 Å². The molecule has 0 atom stereocenters. The Labute approximate surface area is 124 Å². The van der Waals surface area contributed by atoms with Gasteiger partial charge in [0.15, 0.2) is 0 Å². The van der Waals surface area contributed by atoms with Gasteiger partial charge in [-0.2, -0.15) is 0 Å². The molecule has 0 unspecified atom stereocenters. The molecule has 0 aliphatic heterocycles. The van der Waals surface area contributed by atoms with Gasteiger partial charge in [0.1, 0.15) is 0 Å². The number of carbonyl (C=O) groups excluding carboxylic acids is 1. The summed E-state index contributed by atoms with van der Waals surface area (Å²) in [6, 6.07) is 7.01. The van der Waals surface area contributed by atoms with Crippen molar-refractivity contribution in [2.24, 2.45) is 5.92 Å². The molecule has 1 saturated carbocycles. The lowest BCUT2D eigenvalue weighted by Crippen LogP contribution is -2.34. The number of para-hydroxylation sites is 1. The highest BCUT2D eigenvalue weighted by molar-refractivity contribution is 5.92. The Morgan fingerprint density at radius 1 is 1.33 bits per heavy atom. The fourth-order valence-electron chi connectivity index (χ4n) is 2.64. The molecular formula is C16H21NO4. The van der Waals surface area contributed by atoms with Crippen molar-refractivity contribution in [3.8, 4) is 0 Å². The lowest BCUT2D eigenvalue weighted by Gasteiger charge is -2.34. The summed E-state index contributed by atoms with van der Waals surface area (Å²) in [6.45, 7) is 2.69. The fraction of sp³-hybridized carbons (Fsp3) is 0.500. The minimum atomic E-state index is -0.907. The second kappa shape index (κ2) is 7.22. The quantitative estimate of drug-likeness (QED) is 0.809. The number of anilines is 1. The number of benzene rings is 1. The molecule has 114 valence electrons. The fourth-order valence-corrected chi connectivity index (χ4v) is 2.64. The zero-order valence-corrected chi connectivity index (χ0v) is 12.2. The van der Waals surface area contributed by atoms with Crippen molar-refractivity contribution in [1.29, 1.82) is 0 Å². The summed E-state index contributed by atoms with van der Waals surface area (Å²) in [5, 5.41) is 11.7. The molecule has 1 aliphatic carbocycles. The molecule has 0 aromatic heterocycles. The number of rotatable bonds is 7. The monoisotopic (exact) mass is 291 g/mol. The van der Waals surface area contributed by atoms with Gasteiger partial charge >= 0.3 is 5.97 Å².